The Morgan fingerprint density at radius 1 is 1.44 bits per heavy atom. The summed E-state index contributed by atoms with van der Waals surface area (Å²) in [6, 6.07) is 5.72. The second-order valence-corrected chi connectivity index (χ2v) is 4.90. The maximum atomic E-state index is 11.7. The third-order valence-corrected chi connectivity index (χ3v) is 3.10. The molecule has 0 saturated carbocycles. The molecule has 1 aromatic carbocycles. The predicted molar refractivity (Wildman–Crippen MR) is 75.8 cm³/mol. The van der Waals surface area contributed by atoms with Gasteiger partial charge in [-0.1, -0.05) is 30.7 Å². The van der Waals surface area contributed by atoms with Crippen LogP contribution in [-0.4, -0.2) is 18.5 Å². The minimum Gasteiger partial charge on any atom is -0.355 e. The van der Waals surface area contributed by atoms with Crippen molar-refractivity contribution in [1.82, 2.24) is 10.6 Å². The fourth-order valence-electron chi connectivity index (χ4n) is 1.55. The lowest BCUT2D eigenvalue weighted by Crippen LogP contribution is -2.42. The first-order chi connectivity index (χ1) is 8.54. The number of hydrogen-bond acceptors (Lipinski definition) is 2. The molecule has 0 bridgehead atoms. The topological polar surface area (TPSA) is 41.1 Å². The highest BCUT2D eigenvalue weighted by molar-refractivity contribution is 6.31. The highest BCUT2D eigenvalue weighted by Crippen LogP contribution is 2.17. The zero-order valence-electron chi connectivity index (χ0n) is 11.2. The third kappa shape index (κ3) is 4.67. The highest BCUT2D eigenvalue weighted by atomic mass is 35.5. The quantitative estimate of drug-likeness (QED) is 0.833. The number of halogens is 1. The van der Waals surface area contributed by atoms with E-state index in [1.807, 2.05) is 39.0 Å². The summed E-state index contributed by atoms with van der Waals surface area (Å²) in [4.78, 5) is 11.7. The van der Waals surface area contributed by atoms with Crippen molar-refractivity contribution in [1.29, 1.82) is 0 Å². The van der Waals surface area contributed by atoms with Crippen LogP contribution < -0.4 is 10.6 Å². The summed E-state index contributed by atoms with van der Waals surface area (Å²) in [7, 11) is 0. The van der Waals surface area contributed by atoms with Crippen molar-refractivity contribution in [2.75, 3.05) is 6.54 Å². The lowest BCUT2D eigenvalue weighted by atomic mass is 10.1. The molecule has 0 spiro atoms. The normalized spacial score (nSPS) is 12.2. The Balaban J connectivity index is 2.46. The van der Waals surface area contributed by atoms with E-state index in [4.69, 9.17) is 11.6 Å². The summed E-state index contributed by atoms with van der Waals surface area (Å²) in [6.07, 6.45) is 0.947. The Labute approximate surface area is 114 Å². The van der Waals surface area contributed by atoms with Crippen LogP contribution in [-0.2, 0) is 11.3 Å². The Bertz CT molecular complexity index is 407. The number of hydrogen-bond donors (Lipinski definition) is 2. The number of aryl methyl sites for hydroxylation is 1. The van der Waals surface area contributed by atoms with Crippen molar-refractivity contribution in [3.8, 4) is 0 Å². The van der Waals surface area contributed by atoms with E-state index < -0.39 is 0 Å². The molecule has 1 amide bonds. The van der Waals surface area contributed by atoms with Gasteiger partial charge in [0, 0.05) is 18.1 Å². The van der Waals surface area contributed by atoms with Crippen LogP contribution in [0.4, 0.5) is 0 Å². The average molecular weight is 269 g/mol. The number of carbonyl (C=O) groups excluding carboxylic acids is 1. The van der Waals surface area contributed by atoms with Crippen LogP contribution >= 0.6 is 11.6 Å². The van der Waals surface area contributed by atoms with E-state index in [1.54, 1.807) is 0 Å². The van der Waals surface area contributed by atoms with Crippen LogP contribution in [0.3, 0.4) is 0 Å². The number of carbonyl (C=O) groups is 1. The molecule has 0 fully saturated rings. The first-order valence-electron chi connectivity index (χ1n) is 6.30. The molecule has 2 N–H and O–H groups in total. The summed E-state index contributed by atoms with van der Waals surface area (Å²) in [5.74, 6) is 0.0279. The van der Waals surface area contributed by atoms with E-state index in [0.717, 1.165) is 29.1 Å². The number of benzene rings is 1. The third-order valence-electron chi connectivity index (χ3n) is 2.75. The van der Waals surface area contributed by atoms with Crippen LogP contribution in [0.15, 0.2) is 18.2 Å². The van der Waals surface area contributed by atoms with Gasteiger partial charge in [-0.3, -0.25) is 4.79 Å². The predicted octanol–water partition coefficient (Wildman–Crippen LogP) is 2.65. The second-order valence-electron chi connectivity index (χ2n) is 4.49. The van der Waals surface area contributed by atoms with Crippen molar-refractivity contribution < 1.29 is 4.79 Å². The number of amides is 1. The monoisotopic (exact) mass is 268 g/mol. The molecular weight excluding hydrogens is 248 g/mol. The zero-order valence-corrected chi connectivity index (χ0v) is 12.0. The van der Waals surface area contributed by atoms with Gasteiger partial charge in [0.25, 0.3) is 0 Å². The molecule has 0 saturated heterocycles. The fraction of sp³-hybridized carbons (Fsp3) is 0.500. The Morgan fingerprint density at radius 3 is 2.78 bits per heavy atom. The van der Waals surface area contributed by atoms with E-state index in [9.17, 15) is 4.79 Å². The summed E-state index contributed by atoms with van der Waals surface area (Å²) in [5.41, 5.74) is 2.15. The lowest BCUT2D eigenvalue weighted by Gasteiger charge is -2.14. The van der Waals surface area contributed by atoms with Gasteiger partial charge in [-0.25, -0.2) is 0 Å². The van der Waals surface area contributed by atoms with Crippen molar-refractivity contribution in [2.24, 2.45) is 0 Å². The van der Waals surface area contributed by atoms with E-state index in [1.165, 1.54) is 0 Å². The van der Waals surface area contributed by atoms with Gasteiger partial charge in [0.2, 0.25) is 5.91 Å². The molecule has 0 radical (unpaired) electrons. The minimum absolute atomic E-state index is 0.0279. The minimum atomic E-state index is -0.214. The van der Waals surface area contributed by atoms with Crippen LogP contribution in [0, 0.1) is 6.92 Å². The molecule has 4 heteroatoms. The molecule has 0 aliphatic carbocycles. The number of nitrogens with one attached hydrogen (secondary N) is 2. The Morgan fingerprint density at radius 2 is 2.17 bits per heavy atom. The average Bonchev–Trinajstić information content (AvgIpc) is 2.34. The molecule has 0 aliphatic heterocycles. The van der Waals surface area contributed by atoms with E-state index in [-0.39, 0.29) is 11.9 Å². The SMILES string of the molecule is CCCNC(=O)C(C)NCc1ccc(C)cc1Cl. The molecule has 1 unspecified atom stereocenters. The molecule has 1 rings (SSSR count). The van der Waals surface area contributed by atoms with Gasteiger partial charge in [0.1, 0.15) is 0 Å². The largest absolute Gasteiger partial charge is 0.355 e. The molecule has 3 nitrogen and oxygen atoms in total. The molecule has 100 valence electrons. The van der Waals surface area contributed by atoms with Gasteiger partial charge in [-0.05, 0) is 37.5 Å². The van der Waals surface area contributed by atoms with Crippen LogP contribution in [0.1, 0.15) is 31.4 Å². The molecule has 0 aliphatic rings. The summed E-state index contributed by atoms with van der Waals surface area (Å²) in [6.45, 7) is 7.21. The molecule has 0 aromatic heterocycles. The van der Waals surface area contributed by atoms with Crippen molar-refractivity contribution in [2.45, 2.75) is 39.8 Å². The molecular formula is C14H21ClN2O. The van der Waals surface area contributed by atoms with E-state index in [2.05, 4.69) is 10.6 Å². The van der Waals surface area contributed by atoms with Gasteiger partial charge in [0.15, 0.2) is 0 Å². The summed E-state index contributed by atoms with van der Waals surface area (Å²) >= 11 is 6.14. The van der Waals surface area contributed by atoms with Gasteiger partial charge in [-0.15, -0.1) is 0 Å². The fourth-order valence-corrected chi connectivity index (χ4v) is 1.85. The first-order valence-corrected chi connectivity index (χ1v) is 6.68. The van der Waals surface area contributed by atoms with Gasteiger partial charge < -0.3 is 10.6 Å². The highest BCUT2D eigenvalue weighted by Gasteiger charge is 2.11. The first kappa shape index (κ1) is 15.0. The zero-order chi connectivity index (χ0) is 13.5. The van der Waals surface area contributed by atoms with Crippen molar-refractivity contribution in [3.05, 3.63) is 34.3 Å². The van der Waals surface area contributed by atoms with Gasteiger partial charge in [-0.2, -0.15) is 0 Å². The molecule has 18 heavy (non-hydrogen) atoms. The van der Waals surface area contributed by atoms with Crippen LogP contribution in [0.2, 0.25) is 5.02 Å². The number of rotatable bonds is 6. The standard InChI is InChI=1S/C14H21ClN2O/c1-4-7-16-14(18)11(3)17-9-12-6-5-10(2)8-13(12)15/h5-6,8,11,17H,4,7,9H2,1-3H3,(H,16,18). The van der Waals surface area contributed by atoms with E-state index >= 15 is 0 Å². The van der Waals surface area contributed by atoms with Gasteiger partial charge in [0.05, 0.1) is 6.04 Å². The smallest absolute Gasteiger partial charge is 0.236 e. The lowest BCUT2D eigenvalue weighted by molar-refractivity contribution is -0.122. The molecule has 1 atom stereocenters. The second kappa shape index (κ2) is 7.39. The molecule has 1 aromatic rings. The molecule has 0 heterocycles. The maximum Gasteiger partial charge on any atom is 0.236 e. The maximum absolute atomic E-state index is 11.7. The van der Waals surface area contributed by atoms with E-state index in [0.29, 0.717) is 6.54 Å². The van der Waals surface area contributed by atoms with Crippen molar-refractivity contribution >= 4 is 17.5 Å². The van der Waals surface area contributed by atoms with Crippen LogP contribution in [0.25, 0.3) is 0 Å². The summed E-state index contributed by atoms with van der Waals surface area (Å²) in [5, 5.41) is 6.77. The Kier molecular flexibility index (Phi) is 6.16. The summed E-state index contributed by atoms with van der Waals surface area (Å²) < 4.78 is 0. The Hall–Kier alpha value is -1.06. The van der Waals surface area contributed by atoms with Crippen molar-refractivity contribution in [3.63, 3.8) is 0 Å². The van der Waals surface area contributed by atoms with Crippen LogP contribution in [0.5, 0.6) is 0 Å². The van der Waals surface area contributed by atoms with Gasteiger partial charge >= 0.3 is 0 Å².